The molecule has 20 heavy (non-hydrogen) atoms. The third-order valence-electron chi connectivity index (χ3n) is 3.19. The molecule has 2 aromatic rings. The van der Waals surface area contributed by atoms with Crippen LogP contribution in [-0.4, -0.2) is 6.61 Å². The van der Waals surface area contributed by atoms with E-state index in [0.717, 1.165) is 16.9 Å². The van der Waals surface area contributed by atoms with E-state index in [2.05, 4.69) is 6.07 Å². The van der Waals surface area contributed by atoms with Crippen LogP contribution in [0.15, 0.2) is 48.5 Å². The van der Waals surface area contributed by atoms with Crippen molar-refractivity contribution >= 4 is 11.6 Å². The topological polar surface area (TPSA) is 33.0 Å². The van der Waals surface area contributed by atoms with Gasteiger partial charge in [-0.1, -0.05) is 41.9 Å². The molecule has 3 heteroatoms. The minimum absolute atomic E-state index is 0.170. The lowest BCUT2D eigenvalue weighted by atomic mass is 9.98. The van der Waals surface area contributed by atoms with Gasteiger partial charge in [0.1, 0.15) is 5.75 Å². The minimum atomic E-state index is -0.170. The van der Waals surface area contributed by atoms with E-state index in [9.17, 15) is 5.26 Å². The van der Waals surface area contributed by atoms with Crippen molar-refractivity contribution in [3.05, 3.63) is 64.7 Å². The smallest absolute Gasteiger partial charge is 0.122 e. The van der Waals surface area contributed by atoms with E-state index in [1.807, 2.05) is 55.5 Å². The van der Waals surface area contributed by atoms with Gasteiger partial charge < -0.3 is 4.74 Å². The molecule has 0 aromatic heterocycles. The molecule has 0 heterocycles. The normalized spacial score (nSPS) is 11.7. The van der Waals surface area contributed by atoms with E-state index < -0.39 is 0 Å². The number of rotatable bonds is 5. The van der Waals surface area contributed by atoms with Gasteiger partial charge in [-0.3, -0.25) is 0 Å². The number of benzene rings is 2. The maximum Gasteiger partial charge on any atom is 0.122 e. The SMILES string of the molecule is Cc1ccccc1OCCC(C#N)c1ccc(Cl)cc1. The number of nitriles is 1. The summed E-state index contributed by atoms with van der Waals surface area (Å²) in [5.74, 6) is 0.705. The highest BCUT2D eigenvalue weighted by molar-refractivity contribution is 6.30. The van der Waals surface area contributed by atoms with Crippen LogP contribution >= 0.6 is 11.6 Å². The highest BCUT2D eigenvalue weighted by Gasteiger charge is 2.11. The van der Waals surface area contributed by atoms with Crippen molar-refractivity contribution in [2.75, 3.05) is 6.61 Å². The Balaban J connectivity index is 1.94. The fraction of sp³-hybridized carbons (Fsp3) is 0.235. The number of hydrogen-bond donors (Lipinski definition) is 0. The first-order chi connectivity index (χ1) is 9.70. The number of para-hydroxylation sites is 1. The molecule has 2 aromatic carbocycles. The van der Waals surface area contributed by atoms with Gasteiger partial charge in [-0.15, -0.1) is 0 Å². The number of nitrogens with zero attached hydrogens (tertiary/aromatic N) is 1. The zero-order valence-corrected chi connectivity index (χ0v) is 12.1. The Kier molecular flexibility index (Phi) is 5.03. The Bertz CT molecular complexity index is 601. The number of halogens is 1. The predicted octanol–water partition coefficient (Wildman–Crippen LogP) is 4.72. The minimum Gasteiger partial charge on any atom is -0.493 e. The lowest BCUT2D eigenvalue weighted by molar-refractivity contribution is 0.304. The zero-order chi connectivity index (χ0) is 14.4. The summed E-state index contributed by atoms with van der Waals surface area (Å²) in [4.78, 5) is 0. The van der Waals surface area contributed by atoms with Crippen LogP contribution in [0.4, 0.5) is 0 Å². The lowest BCUT2D eigenvalue weighted by Crippen LogP contribution is -2.05. The van der Waals surface area contributed by atoms with E-state index in [0.29, 0.717) is 18.1 Å². The molecule has 0 saturated heterocycles. The monoisotopic (exact) mass is 285 g/mol. The van der Waals surface area contributed by atoms with Crippen LogP contribution in [0.25, 0.3) is 0 Å². The van der Waals surface area contributed by atoms with Crippen LogP contribution in [-0.2, 0) is 0 Å². The van der Waals surface area contributed by atoms with Crippen molar-refractivity contribution in [1.29, 1.82) is 5.26 Å². The van der Waals surface area contributed by atoms with Gasteiger partial charge in [-0.25, -0.2) is 0 Å². The molecule has 0 radical (unpaired) electrons. The molecule has 102 valence electrons. The maximum absolute atomic E-state index is 9.26. The first-order valence-corrected chi connectivity index (χ1v) is 6.92. The van der Waals surface area contributed by atoms with Crippen LogP contribution < -0.4 is 4.74 Å². The summed E-state index contributed by atoms with van der Waals surface area (Å²) < 4.78 is 5.74. The van der Waals surface area contributed by atoms with E-state index >= 15 is 0 Å². The number of aryl methyl sites for hydroxylation is 1. The lowest BCUT2D eigenvalue weighted by Gasteiger charge is -2.12. The summed E-state index contributed by atoms with van der Waals surface area (Å²) in [5.41, 5.74) is 2.08. The molecule has 0 aliphatic carbocycles. The molecule has 0 aliphatic heterocycles. The summed E-state index contributed by atoms with van der Waals surface area (Å²) in [6, 6.07) is 17.6. The molecule has 0 amide bonds. The Labute approximate surface area is 124 Å². The average molecular weight is 286 g/mol. The van der Waals surface area contributed by atoms with E-state index in [-0.39, 0.29) is 5.92 Å². The molecule has 1 unspecified atom stereocenters. The van der Waals surface area contributed by atoms with Gasteiger partial charge in [0.15, 0.2) is 0 Å². The third kappa shape index (κ3) is 3.76. The molecule has 0 saturated carbocycles. The Morgan fingerprint density at radius 3 is 2.50 bits per heavy atom. The third-order valence-corrected chi connectivity index (χ3v) is 3.44. The Hall–Kier alpha value is -1.98. The zero-order valence-electron chi connectivity index (χ0n) is 11.3. The van der Waals surface area contributed by atoms with Gasteiger partial charge in [0.25, 0.3) is 0 Å². The van der Waals surface area contributed by atoms with Crippen LogP contribution in [0.1, 0.15) is 23.5 Å². The molecule has 0 N–H and O–H groups in total. The van der Waals surface area contributed by atoms with Gasteiger partial charge in [-0.05, 0) is 36.2 Å². The average Bonchev–Trinajstić information content (AvgIpc) is 2.47. The van der Waals surface area contributed by atoms with E-state index in [4.69, 9.17) is 16.3 Å². The van der Waals surface area contributed by atoms with Gasteiger partial charge in [-0.2, -0.15) is 5.26 Å². The Morgan fingerprint density at radius 2 is 1.85 bits per heavy atom. The fourth-order valence-corrected chi connectivity index (χ4v) is 2.13. The van der Waals surface area contributed by atoms with E-state index in [1.54, 1.807) is 0 Å². The van der Waals surface area contributed by atoms with Gasteiger partial charge in [0.05, 0.1) is 18.6 Å². The molecule has 0 bridgehead atoms. The van der Waals surface area contributed by atoms with Crippen LogP contribution in [0, 0.1) is 18.3 Å². The van der Waals surface area contributed by atoms with Crippen molar-refractivity contribution in [2.24, 2.45) is 0 Å². The van der Waals surface area contributed by atoms with Gasteiger partial charge in [0.2, 0.25) is 0 Å². The number of ether oxygens (including phenoxy) is 1. The molecule has 2 rings (SSSR count). The van der Waals surface area contributed by atoms with Crippen LogP contribution in [0.2, 0.25) is 5.02 Å². The largest absolute Gasteiger partial charge is 0.493 e. The van der Waals surface area contributed by atoms with Gasteiger partial charge in [0, 0.05) is 11.4 Å². The molecular weight excluding hydrogens is 270 g/mol. The summed E-state index contributed by atoms with van der Waals surface area (Å²) in [6.07, 6.45) is 0.659. The molecule has 0 fully saturated rings. The molecular formula is C17H16ClNO. The fourth-order valence-electron chi connectivity index (χ4n) is 2.01. The number of hydrogen-bond acceptors (Lipinski definition) is 2. The summed E-state index contributed by atoms with van der Waals surface area (Å²) in [7, 11) is 0. The summed E-state index contributed by atoms with van der Waals surface area (Å²) in [5, 5.41) is 9.94. The van der Waals surface area contributed by atoms with Crippen LogP contribution in [0.3, 0.4) is 0 Å². The summed E-state index contributed by atoms with van der Waals surface area (Å²) >= 11 is 5.85. The van der Waals surface area contributed by atoms with E-state index in [1.165, 1.54) is 0 Å². The Morgan fingerprint density at radius 1 is 1.15 bits per heavy atom. The van der Waals surface area contributed by atoms with Gasteiger partial charge >= 0.3 is 0 Å². The molecule has 0 spiro atoms. The van der Waals surface area contributed by atoms with Crippen molar-refractivity contribution in [1.82, 2.24) is 0 Å². The first kappa shape index (κ1) is 14.4. The summed E-state index contributed by atoms with van der Waals surface area (Å²) in [6.45, 7) is 2.53. The van der Waals surface area contributed by atoms with Crippen molar-refractivity contribution < 1.29 is 4.74 Å². The van der Waals surface area contributed by atoms with Crippen molar-refractivity contribution in [3.8, 4) is 11.8 Å². The predicted molar refractivity (Wildman–Crippen MR) is 81.1 cm³/mol. The molecule has 0 aliphatic rings. The van der Waals surface area contributed by atoms with Crippen molar-refractivity contribution in [3.63, 3.8) is 0 Å². The maximum atomic E-state index is 9.26. The second-order valence-electron chi connectivity index (χ2n) is 4.64. The highest BCUT2D eigenvalue weighted by Crippen LogP contribution is 2.22. The standard InChI is InChI=1S/C17H16ClNO/c1-13-4-2-3-5-17(13)20-11-10-15(12-19)14-6-8-16(18)9-7-14/h2-9,15H,10-11H2,1H3. The second-order valence-corrected chi connectivity index (χ2v) is 5.07. The quantitative estimate of drug-likeness (QED) is 0.796. The second kappa shape index (κ2) is 6.98. The van der Waals surface area contributed by atoms with Crippen molar-refractivity contribution in [2.45, 2.75) is 19.3 Å². The molecule has 1 atom stereocenters. The molecule has 2 nitrogen and oxygen atoms in total. The first-order valence-electron chi connectivity index (χ1n) is 6.54. The van der Waals surface area contributed by atoms with Crippen LogP contribution in [0.5, 0.6) is 5.75 Å². The highest BCUT2D eigenvalue weighted by atomic mass is 35.5.